The summed E-state index contributed by atoms with van der Waals surface area (Å²) in [5.41, 5.74) is 0.810. The van der Waals surface area contributed by atoms with Crippen LogP contribution in [0.4, 0.5) is 5.69 Å². The summed E-state index contributed by atoms with van der Waals surface area (Å²) in [4.78, 5) is 10.5. The van der Waals surface area contributed by atoms with E-state index < -0.39 is 4.92 Å². The third kappa shape index (κ3) is 4.94. The average Bonchev–Trinajstić information content (AvgIpc) is 2.41. The van der Waals surface area contributed by atoms with Crippen LogP contribution in [-0.2, 0) is 6.54 Å². The highest BCUT2D eigenvalue weighted by Gasteiger charge is 2.15. The Labute approximate surface area is 112 Å². The molecule has 1 aromatic carbocycles. The van der Waals surface area contributed by atoms with Gasteiger partial charge in [-0.15, -0.1) is 0 Å². The highest BCUT2D eigenvalue weighted by molar-refractivity contribution is 5.48. The quantitative estimate of drug-likeness (QED) is 0.442. The molecule has 0 saturated heterocycles. The van der Waals surface area contributed by atoms with Crippen molar-refractivity contribution >= 4 is 5.69 Å². The first-order valence-electron chi connectivity index (χ1n) is 6.16. The molecule has 0 aliphatic heterocycles. The van der Waals surface area contributed by atoms with Gasteiger partial charge in [0.15, 0.2) is 5.75 Å². The Morgan fingerprint density at radius 2 is 2.32 bits per heavy atom. The molecule has 1 N–H and O–H groups in total. The fourth-order valence-corrected chi connectivity index (χ4v) is 1.54. The third-order valence-corrected chi connectivity index (χ3v) is 2.49. The first-order valence-corrected chi connectivity index (χ1v) is 6.16. The Hall–Kier alpha value is -2.13. The highest BCUT2D eigenvalue weighted by Crippen LogP contribution is 2.28. The lowest BCUT2D eigenvalue weighted by molar-refractivity contribution is -0.385. The van der Waals surface area contributed by atoms with E-state index in [4.69, 9.17) is 10.00 Å². The van der Waals surface area contributed by atoms with E-state index >= 15 is 0 Å². The summed E-state index contributed by atoms with van der Waals surface area (Å²) in [7, 11) is 0. The van der Waals surface area contributed by atoms with Crippen molar-refractivity contribution < 1.29 is 9.66 Å². The van der Waals surface area contributed by atoms with Gasteiger partial charge in [0.1, 0.15) is 0 Å². The largest absolute Gasteiger partial charge is 0.487 e. The van der Waals surface area contributed by atoms with Gasteiger partial charge in [-0.3, -0.25) is 10.1 Å². The van der Waals surface area contributed by atoms with Gasteiger partial charge in [-0.25, -0.2) is 0 Å². The Morgan fingerprint density at radius 1 is 1.53 bits per heavy atom. The molecular formula is C13H17N3O3. The number of rotatable bonds is 8. The smallest absolute Gasteiger partial charge is 0.311 e. The van der Waals surface area contributed by atoms with Gasteiger partial charge < -0.3 is 10.1 Å². The van der Waals surface area contributed by atoms with Crippen LogP contribution in [0.1, 0.15) is 25.3 Å². The Balaban J connectivity index is 2.74. The van der Waals surface area contributed by atoms with Crippen LogP contribution in [0.2, 0.25) is 0 Å². The normalized spacial score (nSPS) is 9.89. The molecule has 0 amide bonds. The molecule has 6 nitrogen and oxygen atoms in total. The van der Waals surface area contributed by atoms with E-state index in [9.17, 15) is 10.1 Å². The standard InChI is InChI=1S/C13H17N3O3/c1-2-15-10-11-5-6-13(12(9-11)16(17)18)19-8-4-3-7-14/h5-6,9,15H,2-4,8,10H2,1H3. The van der Waals surface area contributed by atoms with Crippen molar-refractivity contribution in [3.8, 4) is 11.8 Å². The minimum atomic E-state index is -0.449. The van der Waals surface area contributed by atoms with Crippen molar-refractivity contribution in [2.45, 2.75) is 26.3 Å². The van der Waals surface area contributed by atoms with E-state index in [1.807, 2.05) is 13.0 Å². The van der Waals surface area contributed by atoms with E-state index in [1.165, 1.54) is 6.07 Å². The van der Waals surface area contributed by atoms with E-state index in [0.29, 0.717) is 26.0 Å². The van der Waals surface area contributed by atoms with Crippen molar-refractivity contribution in [3.63, 3.8) is 0 Å². The van der Waals surface area contributed by atoms with E-state index in [-0.39, 0.29) is 11.4 Å². The predicted molar refractivity (Wildman–Crippen MR) is 70.8 cm³/mol. The summed E-state index contributed by atoms with van der Waals surface area (Å²) >= 11 is 0. The molecule has 0 aliphatic carbocycles. The summed E-state index contributed by atoms with van der Waals surface area (Å²) < 4.78 is 5.35. The molecule has 1 rings (SSSR count). The van der Waals surface area contributed by atoms with Gasteiger partial charge in [0.2, 0.25) is 0 Å². The molecule has 0 unspecified atom stereocenters. The fourth-order valence-electron chi connectivity index (χ4n) is 1.54. The van der Waals surface area contributed by atoms with E-state index in [2.05, 4.69) is 5.32 Å². The maximum atomic E-state index is 11.0. The number of nitrogens with one attached hydrogen (secondary N) is 1. The second-order valence-corrected chi connectivity index (χ2v) is 3.95. The van der Waals surface area contributed by atoms with Gasteiger partial charge in [-0.05, 0) is 24.6 Å². The molecule has 0 heterocycles. The lowest BCUT2D eigenvalue weighted by Gasteiger charge is -2.08. The fraction of sp³-hybridized carbons (Fsp3) is 0.462. The third-order valence-electron chi connectivity index (χ3n) is 2.49. The summed E-state index contributed by atoms with van der Waals surface area (Å²) in [5, 5.41) is 22.5. The molecule has 0 spiro atoms. The Bertz CT molecular complexity index is 469. The second-order valence-electron chi connectivity index (χ2n) is 3.95. The summed E-state index contributed by atoms with van der Waals surface area (Å²) in [6.45, 7) is 3.67. The first-order chi connectivity index (χ1) is 9.19. The van der Waals surface area contributed by atoms with Crippen LogP contribution < -0.4 is 10.1 Å². The molecule has 102 valence electrons. The lowest BCUT2D eigenvalue weighted by atomic mass is 10.2. The molecule has 0 aromatic heterocycles. The molecular weight excluding hydrogens is 246 g/mol. The van der Waals surface area contributed by atoms with E-state index in [1.54, 1.807) is 12.1 Å². The van der Waals surface area contributed by atoms with Gasteiger partial charge in [0.05, 0.1) is 17.6 Å². The van der Waals surface area contributed by atoms with Crippen LogP contribution in [0.3, 0.4) is 0 Å². The number of hydrogen-bond acceptors (Lipinski definition) is 5. The Morgan fingerprint density at radius 3 is 2.95 bits per heavy atom. The molecule has 6 heteroatoms. The van der Waals surface area contributed by atoms with Gasteiger partial charge in [-0.2, -0.15) is 5.26 Å². The zero-order valence-electron chi connectivity index (χ0n) is 10.9. The maximum absolute atomic E-state index is 11.0. The monoisotopic (exact) mass is 263 g/mol. The number of nitriles is 1. The van der Waals surface area contributed by atoms with Crippen LogP contribution in [0.15, 0.2) is 18.2 Å². The van der Waals surface area contributed by atoms with Crippen LogP contribution in [0.5, 0.6) is 5.75 Å². The van der Waals surface area contributed by atoms with Crippen molar-refractivity contribution in [1.82, 2.24) is 5.32 Å². The molecule has 0 radical (unpaired) electrons. The number of hydrogen-bond donors (Lipinski definition) is 1. The van der Waals surface area contributed by atoms with Crippen LogP contribution in [-0.4, -0.2) is 18.1 Å². The molecule has 0 fully saturated rings. The molecule has 0 saturated carbocycles. The first kappa shape index (κ1) is 14.9. The predicted octanol–water partition coefficient (Wildman–Crippen LogP) is 2.39. The van der Waals surface area contributed by atoms with Crippen molar-refractivity contribution in [1.29, 1.82) is 5.26 Å². The minimum absolute atomic E-state index is 0.0349. The average molecular weight is 263 g/mol. The highest BCUT2D eigenvalue weighted by atomic mass is 16.6. The topological polar surface area (TPSA) is 88.2 Å². The minimum Gasteiger partial charge on any atom is -0.487 e. The SMILES string of the molecule is CCNCc1ccc(OCCCC#N)c([N+](=O)[O-])c1. The number of ether oxygens (including phenoxy) is 1. The molecule has 1 aromatic rings. The van der Waals surface area contributed by atoms with Crippen LogP contribution in [0.25, 0.3) is 0 Å². The van der Waals surface area contributed by atoms with E-state index in [0.717, 1.165) is 12.1 Å². The van der Waals surface area contributed by atoms with Gasteiger partial charge >= 0.3 is 5.69 Å². The van der Waals surface area contributed by atoms with Crippen LogP contribution >= 0.6 is 0 Å². The van der Waals surface area contributed by atoms with Gasteiger partial charge in [0.25, 0.3) is 0 Å². The molecule has 19 heavy (non-hydrogen) atoms. The Kier molecular flexibility index (Phi) is 6.33. The number of nitro groups is 1. The summed E-state index contributed by atoms with van der Waals surface area (Å²) in [6.07, 6.45) is 0.944. The van der Waals surface area contributed by atoms with Gasteiger partial charge in [0, 0.05) is 19.0 Å². The van der Waals surface area contributed by atoms with Crippen molar-refractivity contribution in [3.05, 3.63) is 33.9 Å². The zero-order chi connectivity index (χ0) is 14.1. The van der Waals surface area contributed by atoms with Gasteiger partial charge in [-0.1, -0.05) is 13.0 Å². The number of nitrogens with zero attached hydrogens (tertiary/aromatic N) is 2. The second kappa shape index (κ2) is 8.06. The number of nitro benzene ring substituents is 1. The zero-order valence-corrected chi connectivity index (χ0v) is 10.9. The molecule has 0 bridgehead atoms. The van der Waals surface area contributed by atoms with Crippen molar-refractivity contribution in [2.75, 3.05) is 13.2 Å². The van der Waals surface area contributed by atoms with Crippen LogP contribution in [0, 0.1) is 21.4 Å². The summed E-state index contributed by atoms with van der Waals surface area (Å²) in [5.74, 6) is 0.253. The number of benzene rings is 1. The van der Waals surface area contributed by atoms with Crippen molar-refractivity contribution in [2.24, 2.45) is 0 Å². The molecule has 0 aliphatic rings. The molecule has 0 atom stereocenters. The summed E-state index contributed by atoms with van der Waals surface area (Å²) in [6, 6.07) is 6.93. The maximum Gasteiger partial charge on any atom is 0.311 e. The number of unbranched alkanes of at least 4 members (excludes halogenated alkanes) is 1. The lowest BCUT2D eigenvalue weighted by Crippen LogP contribution is -2.12.